The van der Waals surface area contributed by atoms with Gasteiger partial charge >= 0.3 is 0 Å². The maximum Gasteiger partial charge on any atom is 0.191 e. The SMILES string of the molecule is CN=C(NCCCOC)NC1CCN(C(C)C)CC1.I. The van der Waals surface area contributed by atoms with Gasteiger partial charge in [-0.15, -0.1) is 24.0 Å². The predicted molar refractivity (Wildman–Crippen MR) is 96.1 cm³/mol. The van der Waals surface area contributed by atoms with E-state index < -0.39 is 0 Å². The van der Waals surface area contributed by atoms with Crippen LogP contribution in [0.25, 0.3) is 0 Å². The van der Waals surface area contributed by atoms with Crippen LogP contribution in [-0.2, 0) is 4.74 Å². The number of hydrogen-bond acceptors (Lipinski definition) is 3. The summed E-state index contributed by atoms with van der Waals surface area (Å²) in [4.78, 5) is 6.81. The monoisotopic (exact) mass is 398 g/mol. The highest BCUT2D eigenvalue weighted by Gasteiger charge is 2.21. The molecule has 0 aliphatic carbocycles. The third-order valence-electron chi connectivity index (χ3n) is 3.64. The lowest BCUT2D eigenvalue weighted by Gasteiger charge is -2.35. The van der Waals surface area contributed by atoms with E-state index in [9.17, 15) is 0 Å². The smallest absolute Gasteiger partial charge is 0.191 e. The lowest BCUT2D eigenvalue weighted by Crippen LogP contribution is -2.50. The Balaban J connectivity index is 0.00000361. The Kier molecular flexibility index (Phi) is 11.5. The molecule has 0 aromatic carbocycles. The summed E-state index contributed by atoms with van der Waals surface area (Å²) in [5.74, 6) is 0.916. The molecule has 1 aliphatic rings. The Morgan fingerprint density at radius 3 is 2.50 bits per heavy atom. The van der Waals surface area contributed by atoms with Crippen molar-refractivity contribution >= 4 is 29.9 Å². The van der Waals surface area contributed by atoms with E-state index in [-0.39, 0.29) is 24.0 Å². The summed E-state index contributed by atoms with van der Waals surface area (Å²) in [6.07, 6.45) is 3.39. The fraction of sp³-hybridized carbons (Fsp3) is 0.929. The van der Waals surface area contributed by atoms with Crippen molar-refractivity contribution in [2.24, 2.45) is 4.99 Å². The number of hydrogen-bond donors (Lipinski definition) is 2. The Labute approximate surface area is 140 Å². The largest absolute Gasteiger partial charge is 0.385 e. The molecule has 0 bridgehead atoms. The van der Waals surface area contributed by atoms with Gasteiger partial charge in [0.1, 0.15) is 0 Å². The van der Waals surface area contributed by atoms with Gasteiger partial charge in [0, 0.05) is 52.5 Å². The van der Waals surface area contributed by atoms with Gasteiger partial charge in [0.2, 0.25) is 0 Å². The second-order valence-electron chi connectivity index (χ2n) is 5.39. The summed E-state index contributed by atoms with van der Waals surface area (Å²) < 4.78 is 5.04. The minimum atomic E-state index is 0. The number of guanidine groups is 1. The minimum absolute atomic E-state index is 0. The molecule has 20 heavy (non-hydrogen) atoms. The molecule has 1 heterocycles. The zero-order valence-electron chi connectivity index (χ0n) is 13.3. The second kappa shape index (κ2) is 11.6. The molecule has 0 atom stereocenters. The third-order valence-corrected chi connectivity index (χ3v) is 3.64. The summed E-state index contributed by atoms with van der Waals surface area (Å²) in [6.45, 7) is 8.58. The van der Waals surface area contributed by atoms with E-state index >= 15 is 0 Å². The lowest BCUT2D eigenvalue weighted by atomic mass is 10.0. The number of ether oxygens (including phenoxy) is 1. The number of aliphatic imine (C=N–C) groups is 1. The van der Waals surface area contributed by atoms with Crippen molar-refractivity contribution in [1.82, 2.24) is 15.5 Å². The first-order valence-electron chi connectivity index (χ1n) is 7.37. The van der Waals surface area contributed by atoms with Crippen LogP contribution in [0.2, 0.25) is 0 Å². The Morgan fingerprint density at radius 1 is 1.35 bits per heavy atom. The molecule has 0 spiro atoms. The molecule has 1 fully saturated rings. The van der Waals surface area contributed by atoms with Crippen molar-refractivity contribution in [1.29, 1.82) is 0 Å². The highest BCUT2D eigenvalue weighted by atomic mass is 127. The van der Waals surface area contributed by atoms with E-state index in [0.29, 0.717) is 12.1 Å². The van der Waals surface area contributed by atoms with E-state index in [4.69, 9.17) is 4.74 Å². The van der Waals surface area contributed by atoms with Crippen LogP contribution in [0.1, 0.15) is 33.1 Å². The molecular formula is C14H31IN4O. The lowest BCUT2D eigenvalue weighted by molar-refractivity contribution is 0.167. The van der Waals surface area contributed by atoms with Gasteiger partial charge in [0.15, 0.2) is 5.96 Å². The van der Waals surface area contributed by atoms with E-state index in [2.05, 4.69) is 34.4 Å². The third kappa shape index (κ3) is 7.64. The van der Waals surface area contributed by atoms with Gasteiger partial charge in [-0.1, -0.05) is 0 Å². The average Bonchev–Trinajstić information content (AvgIpc) is 2.42. The van der Waals surface area contributed by atoms with E-state index in [1.54, 1.807) is 7.11 Å². The zero-order chi connectivity index (χ0) is 14.1. The molecule has 120 valence electrons. The molecule has 0 radical (unpaired) electrons. The van der Waals surface area contributed by atoms with Crippen LogP contribution in [0, 0.1) is 0 Å². The summed E-state index contributed by atoms with van der Waals surface area (Å²) in [5, 5.41) is 6.84. The van der Waals surface area contributed by atoms with E-state index in [1.807, 2.05) is 7.05 Å². The average molecular weight is 398 g/mol. The van der Waals surface area contributed by atoms with Crippen LogP contribution in [0.5, 0.6) is 0 Å². The molecular weight excluding hydrogens is 367 g/mol. The van der Waals surface area contributed by atoms with Crippen LogP contribution in [0.3, 0.4) is 0 Å². The molecule has 5 nitrogen and oxygen atoms in total. The highest BCUT2D eigenvalue weighted by molar-refractivity contribution is 14.0. The number of halogens is 1. The molecule has 2 N–H and O–H groups in total. The predicted octanol–water partition coefficient (Wildman–Crippen LogP) is 1.68. The van der Waals surface area contributed by atoms with Crippen LogP contribution >= 0.6 is 24.0 Å². The standard InChI is InChI=1S/C14H30N4O.HI/c1-12(2)18-9-6-13(7-10-18)17-14(15-3)16-8-5-11-19-4;/h12-13H,5-11H2,1-4H3,(H2,15,16,17);1H. The van der Waals surface area contributed by atoms with Crippen molar-refractivity contribution < 1.29 is 4.74 Å². The fourth-order valence-electron chi connectivity index (χ4n) is 2.37. The molecule has 0 aromatic rings. The number of nitrogens with one attached hydrogen (secondary N) is 2. The quantitative estimate of drug-likeness (QED) is 0.309. The molecule has 1 saturated heterocycles. The Morgan fingerprint density at radius 2 is 2.00 bits per heavy atom. The molecule has 0 unspecified atom stereocenters. The number of methoxy groups -OCH3 is 1. The molecule has 1 aliphatic heterocycles. The number of nitrogens with zero attached hydrogens (tertiary/aromatic N) is 2. The van der Waals surface area contributed by atoms with Crippen molar-refractivity contribution in [3.63, 3.8) is 0 Å². The van der Waals surface area contributed by atoms with Gasteiger partial charge in [-0.2, -0.15) is 0 Å². The maximum atomic E-state index is 5.04. The normalized spacial score (nSPS) is 17.9. The van der Waals surface area contributed by atoms with Crippen molar-refractivity contribution in [2.75, 3.05) is 40.4 Å². The van der Waals surface area contributed by atoms with Gasteiger partial charge < -0.3 is 20.3 Å². The topological polar surface area (TPSA) is 48.9 Å². The fourth-order valence-corrected chi connectivity index (χ4v) is 2.37. The molecule has 0 aromatic heterocycles. The first-order valence-corrected chi connectivity index (χ1v) is 7.37. The first kappa shape index (κ1) is 19.9. The van der Waals surface area contributed by atoms with Crippen LogP contribution in [-0.4, -0.2) is 63.3 Å². The minimum Gasteiger partial charge on any atom is -0.385 e. The van der Waals surface area contributed by atoms with Gasteiger partial charge in [0.05, 0.1) is 0 Å². The van der Waals surface area contributed by atoms with Crippen molar-refractivity contribution in [3.8, 4) is 0 Å². The number of piperidine rings is 1. The van der Waals surface area contributed by atoms with Crippen LogP contribution < -0.4 is 10.6 Å². The zero-order valence-corrected chi connectivity index (χ0v) is 15.6. The van der Waals surface area contributed by atoms with E-state index in [1.165, 1.54) is 25.9 Å². The van der Waals surface area contributed by atoms with Gasteiger partial charge in [-0.3, -0.25) is 4.99 Å². The van der Waals surface area contributed by atoms with E-state index in [0.717, 1.165) is 25.5 Å². The van der Waals surface area contributed by atoms with Crippen LogP contribution in [0.15, 0.2) is 4.99 Å². The summed E-state index contributed by atoms with van der Waals surface area (Å²) in [5.41, 5.74) is 0. The first-order chi connectivity index (χ1) is 9.17. The Bertz CT molecular complexity index is 266. The van der Waals surface area contributed by atoms with Crippen molar-refractivity contribution in [3.05, 3.63) is 0 Å². The Hall–Kier alpha value is -0.0800. The van der Waals surface area contributed by atoms with Gasteiger partial charge in [-0.25, -0.2) is 0 Å². The van der Waals surface area contributed by atoms with Gasteiger partial charge in [0.25, 0.3) is 0 Å². The number of likely N-dealkylation sites (tertiary alicyclic amines) is 1. The maximum absolute atomic E-state index is 5.04. The molecule has 0 amide bonds. The molecule has 0 saturated carbocycles. The van der Waals surface area contributed by atoms with Gasteiger partial charge in [-0.05, 0) is 33.1 Å². The summed E-state index contributed by atoms with van der Waals surface area (Å²) in [7, 11) is 3.56. The second-order valence-corrected chi connectivity index (χ2v) is 5.39. The van der Waals surface area contributed by atoms with Crippen LogP contribution in [0.4, 0.5) is 0 Å². The molecule has 6 heteroatoms. The number of rotatable bonds is 6. The molecule has 1 rings (SSSR count). The summed E-state index contributed by atoms with van der Waals surface area (Å²) >= 11 is 0. The summed E-state index contributed by atoms with van der Waals surface area (Å²) in [6, 6.07) is 1.20. The van der Waals surface area contributed by atoms with Crippen molar-refractivity contribution in [2.45, 2.75) is 45.2 Å². The highest BCUT2D eigenvalue weighted by Crippen LogP contribution is 2.12.